The molecule has 0 atom stereocenters. The number of nitrogens with one attached hydrogen (secondary N) is 3. The maximum Gasteiger partial charge on any atom is 0.251 e. The van der Waals surface area contributed by atoms with Gasteiger partial charge in [0.2, 0.25) is 12.8 Å². The Labute approximate surface area is 202 Å². The second kappa shape index (κ2) is 10.5. The normalized spacial score (nSPS) is 14.1. The number of hydrogen-bond donors (Lipinski definition) is 3. The van der Waals surface area contributed by atoms with E-state index in [2.05, 4.69) is 26.0 Å². The molecule has 1 aliphatic heterocycles. The van der Waals surface area contributed by atoms with E-state index in [1.165, 1.54) is 0 Å². The fourth-order valence-corrected chi connectivity index (χ4v) is 4.22. The molecule has 8 nitrogen and oxygen atoms in total. The Morgan fingerprint density at radius 1 is 1.06 bits per heavy atom. The molecule has 0 aliphatic carbocycles. The number of pyridine rings is 1. The molecule has 180 valence electrons. The topological polar surface area (TPSA) is 92.6 Å². The number of piperidine rings is 1. The first-order valence-corrected chi connectivity index (χ1v) is 11.7. The number of rotatable bonds is 8. The van der Waals surface area contributed by atoms with Crippen molar-refractivity contribution in [3.8, 4) is 17.0 Å². The van der Waals surface area contributed by atoms with Crippen LogP contribution in [0.5, 0.6) is 5.75 Å². The average Bonchev–Trinajstić information content (AvgIpc) is 3.31. The van der Waals surface area contributed by atoms with Crippen molar-refractivity contribution in [1.29, 1.82) is 0 Å². The van der Waals surface area contributed by atoms with Crippen LogP contribution in [0, 0.1) is 5.92 Å². The number of aromatic nitrogens is 3. The summed E-state index contributed by atoms with van der Waals surface area (Å²) in [6, 6.07) is 20.1. The van der Waals surface area contributed by atoms with Crippen molar-refractivity contribution in [2.24, 2.45) is 5.92 Å². The summed E-state index contributed by atoms with van der Waals surface area (Å²) in [5.74, 6) is 1.38. The molecule has 4 aromatic rings. The maximum atomic E-state index is 12.5. The van der Waals surface area contributed by atoms with Crippen molar-refractivity contribution in [3.63, 3.8) is 0 Å². The number of hydrogen-bond acceptors (Lipinski definition) is 6. The van der Waals surface area contributed by atoms with Gasteiger partial charge in [0.1, 0.15) is 5.75 Å². The Bertz CT molecular complexity index is 1280. The summed E-state index contributed by atoms with van der Waals surface area (Å²) < 4.78 is 19.0. The van der Waals surface area contributed by atoms with Gasteiger partial charge in [-0.05, 0) is 92.5 Å². The molecule has 2 aromatic heterocycles. The van der Waals surface area contributed by atoms with Gasteiger partial charge in [0.15, 0.2) is 5.65 Å². The minimum Gasteiger partial charge on any atom is -0.463 e. The number of anilines is 2. The number of nitrogens with zero attached hydrogens (tertiary/aromatic N) is 3. The number of alkyl halides is 1. The van der Waals surface area contributed by atoms with Crippen molar-refractivity contribution in [3.05, 3.63) is 72.3 Å². The number of ether oxygens (including phenoxy) is 1. The molecule has 0 unspecified atom stereocenters. The van der Waals surface area contributed by atoms with E-state index in [0.29, 0.717) is 35.4 Å². The van der Waals surface area contributed by atoms with Gasteiger partial charge in [-0.1, -0.05) is 6.07 Å². The van der Waals surface area contributed by atoms with E-state index in [1.807, 2.05) is 42.5 Å². The Hall–Kier alpha value is -3.98. The predicted molar refractivity (Wildman–Crippen MR) is 133 cm³/mol. The van der Waals surface area contributed by atoms with Crippen molar-refractivity contribution >= 4 is 23.2 Å². The Morgan fingerprint density at radius 2 is 1.83 bits per heavy atom. The molecule has 9 heteroatoms. The molecular weight excluding hydrogens is 447 g/mol. The highest BCUT2D eigenvalue weighted by atomic mass is 19.1. The number of carbonyl (C=O) groups excluding carboxylic acids is 1. The highest BCUT2D eigenvalue weighted by molar-refractivity contribution is 5.94. The first-order valence-electron chi connectivity index (χ1n) is 11.7. The highest BCUT2D eigenvalue weighted by Gasteiger charge is 2.15. The SMILES string of the molecule is O=C(NCC1CCNCC1)c1ccc(Nc2nc3cccc(-c4ccc(OCF)cc4)n3n2)cc1. The summed E-state index contributed by atoms with van der Waals surface area (Å²) in [5.41, 5.74) is 3.83. The van der Waals surface area contributed by atoms with Gasteiger partial charge in [0, 0.05) is 23.4 Å². The molecule has 35 heavy (non-hydrogen) atoms. The van der Waals surface area contributed by atoms with Crippen LogP contribution in [-0.2, 0) is 0 Å². The van der Waals surface area contributed by atoms with E-state index >= 15 is 0 Å². The molecule has 0 saturated carbocycles. The number of fused-ring (bicyclic) bond motifs is 1. The lowest BCUT2D eigenvalue weighted by molar-refractivity contribution is 0.0944. The molecule has 1 aliphatic rings. The minimum absolute atomic E-state index is 0.0616. The van der Waals surface area contributed by atoms with Crippen molar-refractivity contribution in [2.75, 3.05) is 31.8 Å². The van der Waals surface area contributed by atoms with Crippen LogP contribution in [0.4, 0.5) is 16.0 Å². The number of halogens is 1. The van der Waals surface area contributed by atoms with E-state index in [1.54, 1.807) is 28.8 Å². The standard InChI is InChI=1S/C26H27FN6O2/c27-17-35-22-10-6-19(7-11-22)23-2-1-3-24-31-26(32-33(23)24)30-21-8-4-20(5-9-21)25(34)29-16-18-12-14-28-15-13-18/h1-11,18,28H,12-17H2,(H,29,34)(H,30,32). The van der Waals surface area contributed by atoms with Gasteiger partial charge in [0.25, 0.3) is 5.91 Å². The van der Waals surface area contributed by atoms with Gasteiger partial charge in [-0.25, -0.2) is 8.91 Å². The van der Waals surface area contributed by atoms with Crippen LogP contribution < -0.4 is 20.7 Å². The molecule has 5 rings (SSSR count). The van der Waals surface area contributed by atoms with Crippen LogP contribution in [0.3, 0.4) is 0 Å². The van der Waals surface area contributed by atoms with Crippen molar-refractivity contribution in [1.82, 2.24) is 25.2 Å². The third-order valence-electron chi connectivity index (χ3n) is 6.14. The molecule has 1 saturated heterocycles. The zero-order valence-electron chi connectivity index (χ0n) is 19.2. The van der Waals surface area contributed by atoms with Crippen LogP contribution >= 0.6 is 0 Å². The van der Waals surface area contributed by atoms with Crippen LogP contribution in [0.2, 0.25) is 0 Å². The first kappa shape index (κ1) is 22.8. The number of carbonyl (C=O) groups is 1. The van der Waals surface area contributed by atoms with E-state index in [-0.39, 0.29) is 5.91 Å². The Balaban J connectivity index is 1.26. The van der Waals surface area contributed by atoms with E-state index in [0.717, 1.165) is 42.9 Å². The lowest BCUT2D eigenvalue weighted by Gasteiger charge is -2.22. The van der Waals surface area contributed by atoms with Crippen LogP contribution in [-0.4, -0.2) is 47.0 Å². The van der Waals surface area contributed by atoms with Gasteiger partial charge in [-0.2, -0.15) is 4.98 Å². The quantitative estimate of drug-likeness (QED) is 0.355. The second-order valence-electron chi connectivity index (χ2n) is 8.50. The summed E-state index contributed by atoms with van der Waals surface area (Å²) in [4.78, 5) is 17.1. The lowest BCUT2D eigenvalue weighted by atomic mass is 9.98. The van der Waals surface area contributed by atoms with E-state index in [4.69, 9.17) is 4.74 Å². The molecule has 1 amide bonds. The van der Waals surface area contributed by atoms with Gasteiger partial charge < -0.3 is 20.7 Å². The molecule has 0 radical (unpaired) electrons. The van der Waals surface area contributed by atoms with Crippen LogP contribution in [0.1, 0.15) is 23.2 Å². The monoisotopic (exact) mass is 474 g/mol. The fraction of sp³-hybridized carbons (Fsp3) is 0.269. The number of benzene rings is 2. The predicted octanol–water partition coefficient (Wildman–Crippen LogP) is 4.18. The summed E-state index contributed by atoms with van der Waals surface area (Å²) >= 11 is 0. The average molecular weight is 475 g/mol. The summed E-state index contributed by atoms with van der Waals surface area (Å²) in [6.45, 7) is 1.87. The molecular formula is C26H27FN6O2. The summed E-state index contributed by atoms with van der Waals surface area (Å²) in [7, 11) is 0. The smallest absolute Gasteiger partial charge is 0.251 e. The van der Waals surface area contributed by atoms with Gasteiger partial charge >= 0.3 is 0 Å². The third kappa shape index (κ3) is 5.41. The summed E-state index contributed by atoms with van der Waals surface area (Å²) in [5, 5.41) is 14.2. The molecule has 3 heterocycles. The van der Waals surface area contributed by atoms with Crippen molar-refractivity contribution in [2.45, 2.75) is 12.8 Å². The molecule has 0 spiro atoms. The third-order valence-corrected chi connectivity index (χ3v) is 6.14. The van der Waals surface area contributed by atoms with Crippen LogP contribution in [0.15, 0.2) is 66.7 Å². The lowest BCUT2D eigenvalue weighted by Crippen LogP contribution is -2.35. The molecule has 2 aromatic carbocycles. The van der Waals surface area contributed by atoms with E-state index in [9.17, 15) is 9.18 Å². The first-order chi connectivity index (χ1) is 17.2. The molecule has 3 N–H and O–H groups in total. The fourth-order valence-electron chi connectivity index (χ4n) is 4.22. The number of amides is 1. The minimum atomic E-state index is -0.864. The van der Waals surface area contributed by atoms with Gasteiger partial charge in [-0.15, -0.1) is 5.10 Å². The van der Waals surface area contributed by atoms with E-state index < -0.39 is 6.86 Å². The summed E-state index contributed by atoms with van der Waals surface area (Å²) in [6.07, 6.45) is 2.19. The molecule has 1 fully saturated rings. The highest BCUT2D eigenvalue weighted by Crippen LogP contribution is 2.24. The Kier molecular flexibility index (Phi) is 6.85. The van der Waals surface area contributed by atoms with Gasteiger partial charge in [0.05, 0.1) is 5.69 Å². The Morgan fingerprint density at radius 3 is 2.57 bits per heavy atom. The zero-order chi connectivity index (χ0) is 24.0. The van der Waals surface area contributed by atoms with Gasteiger partial charge in [-0.3, -0.25) is 4.79 Å². The maximum absolute atomic E-state index is 12.5. The largest absolute Gasteiger partial charge is 0.463 e. The van der Waals surface area contributed by atoms with Crippen LogP contribution in [0.25, 0.3) is 16.9 Å². The van der Waals surface area contributed by atoms with Crippen molar-refractivity contribution < 1.29 is 13.9 Å². The zero-order valence-corrected chi connectivity index (χ0v) is 19.2. The molecule has 0 bridgehead atoms. The second-order valence-corrected chi connectivity index (χ2v) is 8.50.